The summed E-state index contributed by atoms with van der Waals surface area (Å²) >= 11 is 11.9. The molecule has 0 aliphatic rings. The van der Waals surface area contributed by atoms with Crippen molar-refractivity contribution in [1.82, 2.24) is 5.43 Å². The van der Waals surface area contributed by atoms with Crippen molar-refractivity contribution in [3.05, 3.63) is 58.1 Å². The minimum absolute atomic E-state index is 0.224. The Balaban J connectivity index is 1.84. The van der Waals surface area contributed by atoms with Crippen LogP contribution in [0.15, 0.2) is 47.6 Å². The molecule has 0 spiro atoms. The smallest absolute Gasteiger partial charge is 0.249 e. The van der Waals surface area contributed by atoms with E-state index in [1.54, 1.807) is 18.2 Å². The van der Waals surface area contributed by atoms with Crippen molar-refractivity contribution in [2.24, 2.45) is 5.10 Å². The van der Waals surface area contributed by atoms with Crippen LogP contribution in [0.3, 0.4) is 0 Å². The van der Waals surface area contributed by atoms with E-state index in [2.05, 4.69) is 15.8 Å². The highest BCUT2D eigenvalue weighted by molar-refractivity contribution is 6.44. The van der Waals surface area contributed by atoms with Crippen LogP contribution in [0.5, 0.6) is 0 Å². The first kappa shape index (κ1) is 19.8. The van der Waals surface area contributed by atoms with Gasteiger partial charge in [0.2, 0.25) is 11.8 Å². The molecule has 0 saturated heterocycles. The maximum Gasteiger partial charge on any atom is 0.249 e. The molecule has 8 heteroatoms. The summed E-state index contributed by atoms with van der Waals surface area (Å²) in [6.45, 7) is 0. The average molecular weight is 393 g/mol. The third kappa shape index (κ3) is 5.75. The van der Waals surface area contributed by atoms with Gasteiger partial charge in [-0.1, -0.05) is 41.4 Å². The number of rotatable bonds is 6. The van der Waals surface area contributed by atoms with Crippen LogP contribution in [0.1, 0.15) is 12.0 Å². The Kier molecular flexibility index (Phi) is 7.00. The van der Waals surface area contributed by atoms with E-state index in [4.69, 9.17) is 23.2 Å². The molecule has 2 aromatic carbocycles. The van der Waals surface area contributed by atoms with Crippen molar-refractivity contribution < 1.29 is 9.59 Å². The van der Waals surface area contributed by atoms with Crippen LogP contribution in [-0.4, -0.2) is 32.1 Å². The van der Waals surface area contributed by atoms with Crippen molar-refractivity contribution in [2.75, 3.05) is 24.3 Å². The van der Waals surface area contributed by atoms with Gasteiger partial charge in [-0.15, -0.1) is 0 Å². The summed E-state index contributed by atoms with van der Waals surface area (Å²) in [7, 11) is 3.90. The molecule has 0 aliphatic carbocycles. The lowest BCUT2D eigenvalue weighted by Gasteiger charge is -2.11. The zero-order valence-electron chi connectivity index (χ0n) is 14.3. The third-order valence-electron chi connectivity index (χ3n) is 3.36. The number of hydrogen-bond donors (Lipinski definition) is 2. The van der Waals surface area contributed by atoms with Gasteiger partial charge in [0.25, 0.3) is 0 Å². The lowest BCUT2D eigenvalue weighted by atomic mass is 10.2. The number of carbonyl (C=O) groups is 2. The lowest BCUT2D eigenvalue weighted by Crippen LogP contribution is -2.24. The fraction of sp³-hybridized carbons (Fsp3) is 0.167. The van der Waals surface area contributed by atoms with Crippen LogP contribution in [0.2, 0.25) is 10.0 Å². The summed E-state index contributed by atoms with van der Waals surface area (Å²) in [5.41, 5.74) is 4.54. The summed E-state index contributed by atoms with van der Waals surface area (Å²) in [4.78, 5) is 25.6. The molecule has 0 aliphatic heterocycles. The van der Waals surface area contributed by atoms with E-state index in [9.17, 15) is 9.59 Å². The SMILES string of the molecule is CN(C)c1ccc(C=NNC(=O)CC(=O)Nc2cccc(Cl)c2Cl)cc1. The predicted octanol–water partition coefficient (Wildman–Crippen LogP) is 3.54. The molecule has 2 amide bonds. The number of hydrazone groups is 1. The van der Waals surface area contributed by atoms with E-state index in [-0.39, 0.29) is 11.4 Å². The third-order valence-corrected chi connectivity index (χ3v) is 4.18. The number of hydrogen-bond acceptors (Lipinski definition) is 4. The zero-order valence-corrected chi connectivity index (χ0v) is 15.8. The number of carbonyl (C=O) groups excluding carboxylic acids is 2. The quantitative estimate of drug-likeness (QED) is 0.448. The minimum atomic E-state index is -0.540. The molecule has 2 aromatic rings. The van der Waals surface area contributed by atoms with Gasteiger partial charge in [-0.3, -0.25) is 9.59 Å². The Bertz CT molecular complexity index is 820. The van der Waals surface area contributed by atoms with Gasteiger partial charge in [0.15, 0.2) is 0 Å². The summed E-state index contributed by atoms with van der Waals surface area (Å²) in [6.07, 6.45) is 1.11. The molecule has 6 nitrogen and oxygen atoms in total. The van der Waals surface area contributed by atoms with Crippen LogP contribution in [-0.2, 0) is 9.59 Å². The van der Waals surface area contributed by atoms with Crippen LogP contribution in [0, 0.1) is 0 Å². The van der Waals surface area contributed by atoms with Crippen LogP contribution in [0.25, 0.3) is 0 Å². The molecule has 2 rings (SSSR count). The highest BCUT2D eigenvalue weighted by Gasteiger charge is 2.12. The van der Waals surface area contributed by atoms with Crippen LogP contribution in [0.4, 0.5) is 11.4 Å². The maximum atomic E-state index is 11.9. The number of benzene rings is 2. The van der Waals surface area contributed by atoms with E-state index in [0.717, 1.165) is 11.3 Å². The first-order valence-corrected chi connectivity index (χ1v) is 8.45. The molecule has 0 atom stereocenters. The minimum Gasteiger partial charge on any atom is -0.378 e. The monoisotopic (exact) mass is 392 g/mol. The van der Waals surface area contributed by atoms with Crippen molar-refractivity contribution >= 4 is 52.6 Å². The Labute approximate surface area is 161 Å². The molecule has 0 radical (unpaired) electrons. The Morgan fingerprint density at radius 3 is 2.42 bits per heavy atom. The number of halogens is 2. The van der Waals surface area contributed by atoms with E-state index in [0.29, 0.717) is 10.7 Å². The standard InChI is InChI=1S/C18H18Cl2N4O2/c1-24(2)13-8-6-12(7-9-13)11-21-23-17(26)10-16(25)22-15-5-3-4-14(19)18(15)20/h3-9,11H,10H2,1-2H3,(H,22,25)(H,23,26). The van der Waals surface area contributed by atoms with Crippen molar-refractivity contribution in [3.63, 3.8) is 0 Å². The van der Waals surface area contributed by atoms with E-state index < -0.39 is 11.8 Å². The second-order valence-electron chi connectivity index (χ2n) is 5.61. The fourth-order valence-electron chi connectivity index (χ4n) is 2.02. The summed E-state index contributed by atoms with van der Waals surface area (Å²) in [5, 5.41) is 6.92. The first-order chi connectivity index (χ1) is 12.4. The highest BCUT2D eigenvalue weighted by Crippen LogP contribution is 2.29. The molecule has 0 saturated carbocycles. The Morgan fingerprint density at radius 2 is 1.77 bits per heavy atom. The highest BCUT2D eigenvalue weighted by atomic mass is 35.5. The molecule has 0 unspecified atom stereocenters. The fourth-order valence-corrected chi connectivity index (χ4v) is 2.37. The van der Waals surface area contributed by atoms with Crippen molar-refractivity contribution in [3.8, 4) is 0 Å². The molecule has 0 heterocycles. The molecule has 0 aromatic heterocycles. The molecular formula is C18H18Cl2N4O2. The largest absolute Gasteiger partial charge is 0.378 e. The lowest BCUT2D eigenvalue weighted by molar-refractivity contribution is -0.126. The van der Waals surface area contributed by atoms with Gasteiger partial charge in [-0.05, 0) is 29.8 Å². The van der Waals surface area contributed by atoms with Gasteiger partial charge in [0.1, 0.15) is 6.42 Å². The molecular weight excluding hydrogens is 375 g/mol. The number of nitrogens with one attached hydrogen (secondary N) is 2. The first-order valence-electron chi connectivity index (χ1n) is 7.70. The van der Waals surface area contributed by atoms with Crippen LogP contribution >= 0.6 is 23.2 Å². The average Bonchev–Trinajstić information content (AvgIpc) is 2.59. The summed E-state index contributed by atoms with van der Waals surface area (Å²) < 4.78 is 0. The molecule has 0 fully saturated rings. The van der Waals surface area contributed by atoms with Crippen molar-refractivity contribution in [2.45, 2.75) is 6.42 Å². The van der Waals surface area contributed by atoms with E-state index in [1.165, 1.54) is 6.21 Å². The second-order valence-corrected chi connectivity index (χ2v) is 6.39. The van der Waals surface area contributed by atoms with Gasteiger partial charge in [-0.2, -0.15) is 5.10 Å². The van der Waals surface area contributed by atoms with Gasteiger partial charge in [0, 0.05) is 19.8 Å². The Hall–Kier alpha value is -2.57. The normalized spacial score (nSPS) is 10.6. The zero-order chi connectivity index (χ0) is 19.1. The van der Waals surface area contributed by atoms with E-state index in [1.807, 2.05) is 43.3 Å². The second kappa shape index (κ2) is 9.22. The molecule has 0 bridgehead atoms. The molecule has 2 N–H and O–H groups in total. The predicted molar refractivity (Wildman–Crippen MR) is 106 cm³/mol. The van der Waals surface area contributed by atoms with Crippen molar-refractivity contribution in [1.29, 1.82) is 0 Å². The van der Waals surface area contributed by atoms with Gasteiger partial charge < -0.3 is 10.2 Å². The van der Waals surface area contributed by atoms with E-state index >= 15 is 0 Å². The van der Waals surface area contributed by atoms with Gasteiger partial charge >= 0.3 is 0 Å². The summed E-state index contributed by atoms with van der Waals surface area (Å²) in [5.74, 6) is -1.06. The Morgan fingerprint density at radius 1 is 1.08 bits per heavy atom. The number of nitrogens with zero attached hydrogens (tertiary/aromatic N) is 2. The van der Waals surface area contributed by atoms with Gasteiger partial charge in [0.05, 0.1) is 21.9 Å². The molecule has 136 valence electrons. The summed E-state index contributed by atoms with van der Waals surface area (Å²) in [6, 6.07) is 12.5. The number of anilines is 2. The van der Waals surface area contributed by atoms with Crippen LogP contribution < -0.4 is 15.6 Å². The molecule has 26 heavy (non-hydrogen) atoms. The van der Waals surface area contributed by atoms with Gasteiger partial charge in [-0.25, -0.2) is 5.43 Å². The topological polar surface area (TPSA) is 73.8 Å². The maximum absolute atomic E-state index is 11.9. The number of amides is 2.